The van der Waals surface area contributed by atoms with Crippen LogP contribution in [-0.4, -0.2) is 70.4 Å². The van der Waals surface area contributed by atoms with E-state index in [0.717, 1.165) is 48.7 Å². The smallest absolute Gasteiger partial charge is 0.135 e. The lowest BCUT2D eigenvalue weighted by atomic mass is 10.0. The lowest BCUT2D eigenvalue weighted by Crippen LogP contribution is -2.46. The summed E-state index contributed by atoms with van der Waals surface area (Å²) >= 11 is 0. The predicted octanol–water partition coefficient (Wildman–Crippen LogP) is 6.07. The van der Waals surface area contributed by atoms with Gasteiger partial charge in [-0.3, -0.25) is 4.98 Å². The molecule has 44 heavy (non-hydrogen) atoms. The third-order valence-electron chi connectivity index (χ3n) is 7.17. The van der Waals surface area contributed by atoms with E-state index in [1.165, 1.54) is 12.8 Å². The number of ether oxygens (including phenoxy) is 2. The normalized spacial score (nSPS) is 14.8. The maximum atomic E-state index is 9.76. The molecule has 0 radical (unpaired) electrons. The molecule has 5 N–H and O–H groups in total. The molecule has 4 aromatic rings. The number of hydrogen-bond acceptors (Lipinski definition) is 8. The van der Waals surface area contributed by atoms with Crippen molar-refractivity contribution in [2.45, 2.75) is 53.9 Å². The van der Waals surface area contributed by atoms with Gasteiger partial charge in [-0.25, -0.2) is 9.51 Å². The molecule has 1 aromatic carbocycles. The Kier molecular flexibility index (Phi) is 13.4. The Morgan fingerprint density at radius 2 is 1.82 bits per heavy atom. The van der Waals surface area contributed by atoms with Gasteiger partial charge in [0.2, 0.25) is 0 Å². The molecule has 2 fully saturated rings. The van der Waals surface area contributed by atoms with Crippen LogP contribution in [0.3, 0.4) is 0 Å². The van der Waals surface area contributed by atoms with Gasteiger partial charge in [-0.15, -0.1) is 0 Å². The molecule has 10 heteroatoms. The van der Waals surface area contributed by atoms with Crippen molar-refractivity contribution in [3.8, 4) is 22.6 Å². The maximum absolute atomic E-state index is 9.76. The summed E-state index contributed by atoms with van der Waals surface area (Å²) in [7, 11) is 2.11. The van der Waals surface area contributed by atoms with Crippen LogP contribution >= 0.6 is 0 Å². The average molecular weight is 604 g/mol. The van der Waals surface area contributed by atoms with E-state index in [1.54, 1.807) is 41.3 Å². The van der Waals surface area contributed by atoms with Crippen molar-refractivity contribution >= 4 is 22.7 Å². The van der Waals surface area contributed by atoms with E-state index in [0.29, 0.717) is 41.4 Å². The topological polar surface area (TPSA) is 137 Å². The number of hydrogen-bond donors (Lipinski definition) is 3. The van der Waals surface area contributed by atoms with Crippen LogP contribution in [0.4, 0.5) is 11.4 Å². The molecule has 5 heterocycles. The molecule has 0 atom stereocenters. The van der Waals surface area contributed by atoms with E-state index in [2.05, 4.69) is 27.0 Å². The molecule has 6 rings (SSSR count). The van der Waals surface area contributed by atoms with Crippen molar-refractivity contribution in [1.29, 1.82) is 0 Å². The summed E-state index contributed by atoms with van der Waals surface area (Å²) in [6.07, 6.45) is 10.3. The second-order valence-electron chi connectivity index (χ2n) is 10.3. The number of nitrogens with two attached hydrogens (primary N) is 2. The van der Waals surface area contributed by atoms with Gasteiger partial charge in [0.15, 0.2) is 0 Å². The summed E-state index contributed by atoms with van der Waals surface area (Å²) in [6.45, 7) is 14.8. The number of amidine groups is 1. The third-order valence-corrected chi connectivity index (χ3v) is 7.17. The van der Waals surface area contributed by atoms with Crippen LogP contribution in [-0.2, 0) is 11.2 Å². The standard InChI is InChI=1S/C26H29N7O2.C4H8O.2C2H6/c1-3-17-8-19(34)4-5-22(17)31-26(28)21-11-30-33-14-18(9-23(33)25(21)27)20-10-29-7-6-24(20)35-15-16-12-32(2)13-16;1-2-4-5-3-1;2*1-2/h4-11,14,16,34H,3,12-13,15,27H2,1-2H3,(H2,28,31);1-4H2;2*1-2H3. The zero-order valence-electron chi connectivity index (χ0n) is 27.1. The molecule has 0 aliphatic carbocycles. The first-order chi connectivity index (χ1) is 21.4. The zero-order chi connectivity index (χ0) is 32.1. The maximum Gasteiger partial charge on any atom is 0.135 e. The van der Waals surface area contributed by atoms with E-state index in [9.17, 15) is 5.11 Å². The number of phenols is 1. The SMILES string of the molecule is C1CCOC1.CC.CC.CCc1cc(O)ccc1N=C(N)c1cnn2cc(-c3cnccc3OCC3CN(C)C3)cc2c1N. The van der Waals surface area contributed by atoms with Crippen molar-refractivity contribution in [1.82, 2.24) is 19.5 Å². The fourth-order valence-electron chi connectivity index (χ4n) is 4.96. The molecule has 0 saturated carbocycles. The number of fused-ring (bicyclic) bond motifs is 1. The van der Waals surface area contributed by atoms with Gasteiger partial charge in [0, 0.05) is 61.9 Å². The summed E-state index contributed by atoms with van der Waals surface area (Å²) in [5.41, 5.74) is 18.0. The van der Waals surface area contributed by atoms with E-state index in [1.807, 2.05) is 52.9 Å². The largest absolute Gasteiger partial charge is 0.508 e. The number of aromatic nitrogens is 3. The number of anilines is 1. The molecule has 2 saturated heterocycles. The average Bonchev–Trinajstić information content (AvgIpc) is 3.76. The molecule has 238 valence electrons. The molecule has 0 unspecified atom stereocenters. The van der Waals surface area contributed by atoms with Gasteiger partial charge in [0.1, 0.15) is 17.3 Å². The van der Waals surface area contributed by atoms with Gasteiger partial charge in [-0.05, 0) is 62.2 Å². The molecule has 0 bridgehead atoms. The number of rotatable bonds is 7. The van der Waals surface area contributed by atoms with Crippen LogP contribution in [0.5, 0.6) is 11.5 Å². The number of nitrogen functional groups attached to an aromatic ring is 1. The Labute approximate surface area is 261 Å². The molecule has 10 nitrogen and oxygen atoms in total. The number of aromatic hydroxyl groups is 1. The van der Waals surface area contributed by atoms with E-state index in [4.69, 9.17) is 20.9 Å². The van der Waals surface area contributed by atoms with Crippen LogP contribution < -0.4 is 16.2 Å². The summed E-state index contributed by atoms with van der Waals surface area (Å²) < 4.78 is 12.8. The fraction of sp³-hybridized carbons (Fsp3) is 0.441. The Balaban J connectivity index is 0.000000519. The fourth-order valence-corrected chi connectivity index (χ4v) is 4.96. The highest BCUT2D eigenvalue weighted by Gasteiger charge is 2.24. The highest BCUT2D eigenvalue weighted by molar-refractivity contribution is 6.06. The van der Waals surface area contributed by atoms with Crippen LogP contribution in [0.1, 0.15) is 58.6 Å². The Hall–Kier alpha value is -4.15. The van der Waals surface area contributed by atoms with Crippen molar-refractivity contribution in [3.05, 3.63) is 66.2 Å². The first-order valence-corrected chi connectivity index (χ1v) is 15.7. The van der Waals surface area contributed by atoms with Crippen molar-refractivity contribution in [2.75, 3.05) is 45.7 Å². The highest BCUT2D eigenvalue weighted by atomic mass is 16.5. The van der Waals surface area contributed by atoms with E-state index in [-0.39, 0.29) is 11.6 Å². The minimum Gasteiger partial charge on any atom is -0.508 e. The number of phenolic OH excluding ortho intramolecular Hbond substituents is 1. The van der Waals surface area contributed by atoms with Gasteiger partial charge in [-0.1, -0.05) is 34.6 Å². The van der Waals surface area contributed by atoms with Gasteiger partial charge in [0.05, 0.1) is 35.3 Å². The molecule has 0 spiro atoms. The van der Waals surface area contributed by atoms with Crippen LogP contribution in [0.15, 0.2) is 60.1 Å². The lowest BCUT2D eigenvalue weighted by molar-refractivity contribution is 0.0859. The van der Waals surface area contributed by atoms with Gasteiger partial charge < -0.3 is 30.9 Å². The first-order valence-electron chi connectivity index (χ1n) is 15.7. The quantitative estimate of drug-likeness (QED) is 0.171. The summed E-state index contributed by atoms with van der Waals surface area (Å²) in [4.78, 5) is 11.1. The summed E-state index contributed by atoms with van der Waals surface area (Å²) in [5.74, 6) is 1.78. The van der Waals surface area contributed by atoms with Crippen molar-refractivity contribution in [2.24, 2.45) is 16.6 Å². The van der Waals surface area contributed by atoms with E-state index >= 15 is 0 Å². The molecular weight excluding hydrogens is 554 g/mol. The summed E-state index contributed by atoms with van der Waals surface area (Å²) in [6, 6.07) is 8.86. The summed E-state index contributed by atoms with van der Waals surface area (Å²) in [5, 5.41) is 14.3. The Morgan fingerprint density at radius 3 is 2.45 bits per heavy atom. The Morgan fingerprint density at radius 1 is 1.09 bits per heavy atom. The lowest BCUT2D eigenvalue weighted by Gasteiger charge is -2.35. The minimum absolute atomic E-state index is 0.196. The molecule has 2 aliphatic rings. The second-order valence-corrected chi connectivity index (χ2v) is 10.3. The molecule has 0 amide bonds. The van der Waals surface area contributed by atoms with E-state index < -0.39 is 0 Å². The molecule has 3 aromatic heterocycles. The van der Waals surface area contributed by atoms with Crippen LogP contribution in [0, 0.1) is 5.92 Å². The zero-order valence-corrected chi connectivity index (χ0v) is 27.1. The van der Waals surface area contributed by atoms with Crippen LogP contribution in [0.25, 0.3) is 16.6 Å². The molecular formula is C34H49N7O3. The Bertz CT molecular complexity index is 1480. The predicted molar refractivity (Wildman–Crippen MR) is 180 cm³/mol. The van der Waals surface area contributed by atoms with Gasteiger partial charge >= 0.3 is 0 Å². The second kappa shape index (κ2) is 17.2. The number of aliphatic imine (C=N–C) groups is 1. The number of pyridine rings is 1. The van der Waals surface area contributed by atoms with Crippen LogP contribution in [0.2, 0.25) is 0 Å². The number of nitrogens with zero attached hydrogens (tertiary/aromatic N) is 5. The van der Waals surface area contributed by atoms with Gasteiger partial charge in [-0.2, -0.15) is 5.10 Å². The number of likely N-dealkylation sites (tertiary alicyclic amines) is 1. The van der Waals surface area contributed by atoms with Crippen molar-refractivity contribution < 1.29 is 14.6 Å². The first kappa shape index (κ1) is 34.3. The monoisotopic (exact) mass is 603 g/mol. The number of benzene rings is 1. The highest BCUT2D eigenvalue weighted by Crippen LogP contribution is 2.33. The minimum atomic E-state index is 0.196. The van der Waals surface area contributed by atoms with Gasteiger partial charge in [0.25, 0.3) is 0 Å². The third kappa shape index (κ3) is 8.70. The number of aryl methyl sites for hydroxylation is 1. The molecule has 2 aliphatic heterocycles. The van der Waals surface area contributed by atoms with Crippen molar-refractivity contribution in [3.63, 3.8) is 0 Å².